The Morgan fingerprint density at radius 3 is 2.67 bits per heavy atom. The number of benzene rings is 1. The van der Waals surface area contributed by atoms with Crippen LogP contribution >= 0.6 is 0 Å². The zero-order valence-electron chi connectivity index (χ0n) is 11.7. The fourth-order valence-electron chi connectivity index (χ4n) is 2.33. The fourth-order valence-corrected chi connectivity index (χ4v) is 2.33. The van der Waals surface area contributed by atoms with Crippen LogP contribution in [0.15, 0.2) is 36.7 Å². The number of aromatic nitrogens is 2. The van der Waals surface area contributed by atoms with Gasteiger partial charge in [0.1, 0.15) is 18.0 Å². The molecule has 21 heavy (non-hydrogen) atoms. The van der Waals surface area contributed by atoms with Gasteiger partial charge in [0.05, 0.1) is 12.6 Å². The summed E-state index contributed by atoms with van der Waals surface area (Å²) in [5, 5.41) is 12.7. The molecule has 0 aliphatic heterocycles. The van der Waals surface area contributed by atoms with Gasteiger partial charge in [-0.3, -0.25) is 0 Å². The second-order valence-electron chi connectivity index (χ2n) is 5.46. The van der Waals surface area contributed by atoms with Gasteiger partial charge in [-0.25, -0.2) is 14.4 Å². The van der Waals surface area contributed by atoms with Gasteiger partial charge in [-0.05, 0) is 37.0 Å². The van der Waals surface area contributed by atoms with E-state index in [0.717, 1.165) is 17.1 Å². The summed E-state index contributed by atoms with van der Waals surface area (Å²) in [6, 6.07) is 8.12. The molecule has 0 radical (unpaired) electrons. The summed E-state index contributed by atoms with van der Waals surface area (Å²) in [5.74, 6) is 1.04. The monoisotopic (exact) mass is 287 g/mol. The quantitative estimate of drug-likeness (QED) is 0.857. The van der Waals surface area contributed by atoms with Gasteiger partial charge in [-0.15, -0.1) is 0 Å². The summed E-state index contributed by atoms with van der Waals surface area (Å²) in [6.45, 7) is -0.0137. The zero-order chi connectivity index (χ0) is 14.7. The average Bonchev–Trinajstić information content (AvgIpc) is 3.34. The minimum Gasteiger partial charge on any atom is -0.394 e. The van der Waals surface area contributed by atoms with Gasteiger partial charge >= 0.3 is 0 Å². The third-order valence-electron chi connectivity index (χ3n) is 3.65. The van der Waals surface area contributed by atoms with Crippen LogP contribution in [0.25, 0.3) is 0 Å². The van der Waals surface area contributed by atoms with Crippen molar-refractivity contribution in [2.45, 2.75) is 31.2 Å². The molecule has 1 unspecified atom stereocenters. The molecule has 4 nitrogen and oxygen atoms in total. The maximum atomic E-state index is 12.9. The summed E-state index contributed by atoms with van der Waals surface area (Å²) in [4.78, 5) is 8.47. The standard InChI is InChI=1S/C16H18FN3O/c17-13-5-1-11(2-6-13)7-14(9-21)20-16-8-15(12-3-4-12)18-10-19-16/h1-2,5-6,8,10,12,14,21H,3-4,7,9H2,(H,18,19,20). The Morgan fingerprint density at radius 2 is 2.00 bits per heavy atom. The van der Waals surface area contributed by atoms with Crippen molar-refractivity contribution in [3.8, 4) is 0 Å². The molecule has 1 fully saturated rings. The third kappa shape index (κ3) is 3.76. The van der Waals surface area contributed by atoms with E-state index in [9.17, 15) is 9.50 Å². The van der Waals surface area contributed by atoms with Gasteiger partial charge in [0.15, 0.2) is 0 Å². The first-order valence-corrected chi connectivity index (χ1v) is 7.18. The number of anilines is 1. The van der Waals surface area contributed by atoms with E-state index in [4.69, 9.17) is 0 Å². The molecule has 0 amide bonds. The molecule has 0 bridgehead atoms. The van der Waals surface area contributed by atoms with Gasteiger partial charge in [0, 0.05) is 17.7 Å². The summed E-state index contributed by atoms with van der Waals surface area (Å²) in [5.41, 5.74) is 2.03. The highest BCUT2D eigenvalue weighted by Gasteiger charge is 2.25. The third-order valence-corrected chi connectivity index (χ3v) is 3.65. The molecule has 1 atom stereocenters. The Morgan fingerprint density at radius 1 is 1.24 bits per heavy atom. The van der Waals surface area contributed by atoms with Crippen LogP contribution in [0.5, 0.6) is 0 Å². The van der Waals surface area contributed by atoms with E-state index < -0.39 is 0 Å². The first-order valence-electron chi connectivity index (χ1n) is 7.18. The van der Waals surface area contributed by atoms with Crippen LogP contribution in [0.2, 0.25) is 0 Å². The zero-order valence-corrected chi connectivity index (χ0v) is 11.7. The van der Waals surface area contributed by atoms with Crippen LogP contribution in [0, 0.1) is 5.82 Å². The number of hydrogen-bond acceptors (Lipinski definition) is 4. The normalized spacial score (nSPS) is 15.7. The Hall–Kier alpha value is -2.01. The SMILES string of the molecule is OCC(Cc1ccc(F)cc1)Nc1cc(C2CC2)ncn1. The Labute approximate surface area is 123 Å². The first-order chi connectivity index (χ1) is 10.2. The molecule has 0 saturated heterocycles. The van der Waals surface area contributed by atoms with Crippen LogP contribution in [0.4, 0.5) is 10.2 Å². The van der Waals surface area contributed by atoms with E-state index in [2.05, 4.69) is 15.3 Å². The number of rotatable bonds is 6. The molecule has 1 aliphatic rings. The number of hydrogen-bond donors (Lipinski definition) is 2. The number of halogens is 1. The highest BCUT2D eigenvalue weighted by molar-refractivity contribution is 5.38. The maximum absolute atomic E-state index is 12.9. The van der Waals surface area contributed by atoms with Crippen molar-refractivity contribution < 1.29 is 9.50 Å². The van der Waals surface area contributed by atoms with E-state index in [1.165, 1.54) is 25.0 Å². The summed E-state index contributed by atoms with van der Waals surface area (Å²) in [7, 11) is 0. The van der Waals surface area contributed by atoms with Gasteiger partial charge in [0.25, 0.3) is 0 Å². The van der Waals surface area contributed by atoms with Crippen LogP contribution in [-0.4, -0.2) is 27.7 Å². The predicted octanol–water partition coefficient (Wildman–Crippen LogP) is 2.51. The van der Waals surface area contributed by atoms with Crippen LogP contribution in [0.3, 0.4) is 0 Å². The van der Waals surface area contributed by atoms with Gasteiger partial charge in [-0.2, -0.15) is 0 Å². The predicted molar refractivity (Wildman–Crippen MR) is 78.6 cm³/mol. The van der Waals surface area contributed by atoms with Crippen molar-refractivity contribution in [1.29, 1.82) is 0 Å². The molecule has 2 aromatic rings. The smallest absolute Gasteiger partial charge is 0.129 e. The minimum absolute atomic E-state index is 0.0137. The van der Waals surface area contributed by atoms with E-state index in [-0.39, 0.29) is 18.5 Å². The van der Waals surface area contributed by atoms with Crippen molar-refractivity contribution in [2.75, 3.05) is 11.9 Å². The van der Waals surface area contributed by atoms with Crippen molar-refractivity contribution in [3.05, 3.63) is 53.7 Å². The molecular weight excluding hydrogens is 269 g/mol. The Kier molecular flexibility index (Phi) is 4.10. The maximum Gasteiger partial charge on any atom is 0.129 e. The number of aliphatic hydroxyl groups excluding tert-OH is 1. The first kappa shape index (κ1) is 13.9. The highest BCUT2D eigenvalue weighted by Crippen LogP contribution is 2.39. The molecular formula is C16H18FN3O. The van der Waals surface area contributed by atoms with E-state index in [1.54, 1.807) is 18.5 Å². The van der Waals surface area contributed by atoms with Crippen LogP contribution in [0.1, 0.15) is 30.0 Å². The summed E-state index contributed by atoms with van der Waals surface area (Å²) >= 11 is 0. The lowest BCUT2D eigenvalue weighted by Gasteiger charge is -2.17. The van der Waals surface area contributed by atoms with Gasteiger partial charge < -0.3 is 10.4 Å². The average molecular weight is 287 g/mol. The van der Waals surface area contributed by atoms with E-state index in [1.807, 2.05) is 6.07 Å². The van der Waals surface area contributed by atoms with Crippen LogP contribution < -0.4 is 5.32 Å². The molecule has 110 valence electrons. The van der Waals surface area contributed by atoms with Crippen molar-refractivity contribution in [3.63, 3.8) is 0 Å². The molecule has 3 rings (SSSR count). The van der Waals surface area contributed by atoms with Crippen molar-refractivity contribution in [2.24, 2.45) is 0 Å². The van der Waals surface area contributed by atoms with E-state index in [0.29, 0.717) is 12.3 Å². The molecule has 0 spiro atoms. The Bertz CT molecular complexity index is 599. The molecule has 5 heteroatoms. The van der Waals surface area contributed by atoms with Crippen molar-refractivity contribution in [1.82, 2.24) is 9.97 Å². The van der Waals surface area contributed by atoms with Crippen molar-refractivity contribution >= 4 is 5.82 Å². The molecule has 1 aliphatic carbocycles. The van der Waals surface area contributed by atoms with Gasteiger partial charge in [0.2, 0.25) is 0 Å². The minimum atomic E-state index is -0.253. The fraction of sp³-hybridized carbons (Fsp3) is 0.375. The van der Waals surface area contributed by atoms with E-state index >= 15 is 0 Å². The number of aliphatic hydroxyl groups is 1. The molecule has 1 aromatic heterocycles. The molecule has 1 aromatic carbocycles. The van der Waals surface area contributed by atoms with Gasteiger partial charge in [-0.1, -0.05) is 12.1 Å². The Balaban J connectivity index is 1.66. The number of nitrogens with zero attached hydrogens (tertiary/aromatic N) is 2. The summed E-state index contributed by atoms with van der Waals surface area (Å²) in [6.07, 6.45) is 4.55. The lowest BCUT2D eigenvalue weighted by molar-refractivity contribution is 0.273. The summed E-state index contributed by atoms with van der Waals surface area (Å²) < 4.78 is 12.9. The topological polar surface area (TPSA) is 58.0 Å². The number of nitrogens with one attached hydrogen (secondary N) is 1. The lowest BCUT2D eigenvalue weighted by atomic mass is 10.1. The molecule has 2 N–H and O–H groups in total. The highest BCUT2D eigenvalue weighted by atomic mass is 19.1. The van der Waals surface area contributed by atoms with Crippen LogP contribution in [-0.2, 0) is 6.42 Å². The molecule has 1 heterocycles. The second-order valence-corrected chi connectivity index (χ2v) is 5.46. The molecule has 1 saturated carbocycles. The largest absolute Gasteiger partial charge is 0.394 e. The second kappa shape index (κ2) is 6.18. The lowest BCUT2D eigenvalue weighted by Crippen LogP contribution is -2.27.